The number of non-ortho nitro benzene ring substituents is 1. The Morgan fingerprint density at radius 3 is 2.29 bits per heavy atom. The summed E-state index contributed by atoms with van der Waals surface area (Å²) < 4.78 is 0. The van der Waals surface area contributed by atoms with E-state index in [0.29, 0.717) is 12.0 Å². The Hall–Kier alpha value is -4.14. The van der Waals surface area contributed by atoms with Crippen LogP contribution in [0.2, 0.25) is 0 Å². The molecule has 2 aromatic carbocycles. The standard InChI is InChI=1S/C26H25N3O6/c1-3-21(23(30)17-9-5-4-6-10-17)27(24(31)18-12-14-19(15-13-18)29(34)35)28-25(32)20-11-7-8-16(2)22(20)26(28)33/h4-10,12-16,20-22H,3,11H2,1-2H3/t16-,20+,21+,22-/m0/s1. The highest BCUT2D eigenvalue weighted by molar-refractivity contribution is 6.10. The second kappa shape index (κ2) is 9.61. The summed E-state index contributed by atoms with van der Waals surface area (Å²) >= 11 is 0. The second-order valence-electron chi connectivity index (χ2n) is 8.75. The molecular formula is C26H25N3O6. The van der Waals surface area contributed by atoms with Gasteiger partial charge in [-0.3, -0.25) is 29.3 Å². The van der Waals surface area contributed by atoms with Gasteiger partial charge < -0.3 is 0 Å². The number of carbonyl (C=O) groups is 4. The van der Waals surface area contributed by atoms with Crippen LogP contribution in [0.4, 0.5) is 5.69 Å². The van der Waals surface area contributed by atoms with Crippen molar-refractivity contribution in [2.45, 2.75) is 32.7 Å². The number of nitrogens with zero attached hydrogens (tertiary/aromatic N) is 3. The first-order chi connectivity index (χ1) is 16.8. The number of fused-ring (bicyclic) bond motifs is 1. The molecule has 1 saturated heterocycles. The third kappa shape index (κ3) is 4.25. The van der Waals surface area contributed by atoms with E-state index in [-0.39, 0.29) is 23.6 Å². The molecule has 9 nitrogen and oxygen atoms in total. The highest BCUT2D eigenvalue weighted by Crippen LogP contribution is 2.40. The minimum absolute atomic E-state index is 0.0246. The lowest BCUT2D eigenvalue weighted by Crippen LogP contribution is -2.57. The Bertz CT molecular complexity index is 1210. The molecule has 0 spiro atoms. The maximum absolute atomic E-state index is 13.8. The van der Waals surface area contributed by atoms with Crippen molar-refractivity contribution in [3.05, 3.63) is 88.0 Å². The summed E-state index contributed by atoms with van der Waals surface area (Å²) in [5, 5.41) is 12.9. The van der Waals surface area contributed by atoms with Crippen molar-refractivity contribution < 1.29 is 24.1 Å². The van der Waals surface area contributed by atoms with Gasteiger partial charge in [-0.1, -0.05) is 56.3 Å². The predicted molar refractivity (Wildman–Crippen MR) is 126 cm³/mol. The van der Waals surface area contributed by atoms with Gasteiger partial charge in [0.25, 0.3) is 23.4 Å². The molecule has 9 heteroatoms. The molecule has 1 aliphatic heterocycles. The van der Waals surface area contributed by atoms with Crippen LogP contribution in [-0.4, -0.2) is 44.5 Å². The lowest BCUT2D eigenvalue weighted by atomic mass is 9.78. The molecule has 0 aromatic heterocycles. The molecule has 4 rings (SSSR count). The van der Waals surface area contributed by atoms with Crippen LogP contribution >= 0.6 is 0 Å². The molecule has 0 radical (unpaired) electrons. The van der Waals surface area contributed by atoms with Crippen molar-refractivity contribution in [2.24, 2.45) is 17.8 Å². The van der Waals surface area contributed by atoms with E-state index in [1.54, 1.807) is 37.3 Å². The molecule has 35 heavy (non-hydrogen) atoms. The third-order valence-corrected chi connectivity index (χ3v) is 6.64. The maximum Gasteiger partial charge on any atom is 0.273 e. The van der Waals surface area contributed by atoms with E-state index >= 15 is 0 Å². The van der Waals surface area contributed by atoms with Gasteiger partial charge >= 0.3 is 0 Å². The molecule has 180 valence electrons. The van der Waals surface area contributed by atoms with E-state index in [4.69, 9.17) is 0 Å². The number of Topliss-reactive ketones (excluding diaryl/α,β-unsaturated/α-hetero) is 1. The van der Waals surface area contributed by atoms with E-state index in [1.807, 2.05) is 19.1 Å². The number of ketones is 1. The van der Waals surface area contributed by atoms with Gasteiger partial charge in [0.1, 0.15) is 6.04 Å². The fourth-order valence-electron chi connectivity index (χ4n) is 4.84. The summed E-state index contributed by atoms with van der Waals surface area (Å²) in [7, 11) is 0. The lowest BCUT2D eigenvalue weighted by molar-refractivity contribution is -0.384. The number of benzene rings is 2. The van der Waals surface area contributed by atoms with Crippen LogP contribution in [-0.2, 0) is 9.59 Å². The van der Waals surface area contributed by atoms with Crippen molar-refractivity contribution >= 4 is 29.2 Å². The number of hydrazine groups is 1. The average molecular weight is 476 g/mol. The van der Waals surface area contributed by atoms with Crippen molar-refractivity contribution in [1.82, 2.24) is 10.0 Å². The smallest absolute Gasteiger partial charge is 0.273 e. The maximum atomic E-state index is 13.8. The first-order valence-corrected chi connectivity index (χ1v) is 11.5. The first kappa shape index (κ1) is 24.0. The monoisotopic (exact) mass is 475 g/mol. The molecule has 0 unspecified atom stereocenters. The Kier molecular flexibility index (Phi) is 6.59. The van der Waals surface area contributed by atoms with Gasteiger partial charge in [-0.2, -0.15) is 5.01 Å². The van der Waals surface area contributed by atoms with Crippen LogP contribution in [0, 0.1) is 27.9 Å². The fourth-order valence-corrected chi connectivity index (χ4v) is 4.84. The van der Waals surface area contributed by atoms with Crippen LogP contribution in [0.15, 0.2) is 66.7 Å². The van der Waals surface area contributed by atoms with E-state index in [0.717, 1.165) is 10.0 Å². The van der Waals surface area contributed by atoms with Gasteiger partial charge in [0.15, 0.2) is 5.78 Å². The van der Waals surface area contributed by atoms with Crippen molar-refractivity contribution in [2.75, 3.05) is 0 Å². The molecule has 2 aromatic rings. The Labute approximate surface area is 202 Å². The number of rotatable bonds is 7. The predicted octanol–water partition coefficient (Wildman–Crippen LogP) is 3.81. The van der Waals surface area contributed by atoms with Crippen LogP contribution in [0.3, 0.4) is 0 Å². The average Bonchev–Trinajstić information content (AvgIpc) is 3.12. The van der Waals surface area contributed by atoms with Gasteiger partial charge in [-0.05, 0) is 30.9 Å². The zero-order valence-electron chi connectivity index (χ0n) is 19.4. The van der Waals surface area contributed by atoms with Crippen LogP contribution in [0.1, 0.15) is 47.4 Å². The third-order valence-electron chi connectivity index (χ3n) is 6.64. The summed E-state index contributed by atoms with van der Waals surface area (Å²) in [5.41, 5.74) is 0.156. The van der Waals surface area contributed by atoms with Crippen LogP contribution < -0.4 is 0 Å². The fraction of sp³-hybridized carbons (Fsp3) is 0.308. The number of imide groups is 1. The van der Waals surface area contributed by atoms with Crippen LogP contribution in [0.5, 0.6) is 0 Å². The molecule has 1 aliphatic carbocycles. The van der Waals surface area contributed by atoms with Gasteiger partial charge in [0.05, 0.1) is 16.8 Å². The van der Waals surface area contributed by atoms with Gasteiger partial charge in [-0.25, -0.2) is 5.01 Å². The quantitative estimate of drug-likeness (QED) is 0.198. The summed E-state index contributed by atoms with van der Waals surface area (Å²) in [5.74, 6) is -3.64. The summed E-state index contributed by atoms with van der Waals surface area (Å²) in [4.78, 5) is 64.7. The van der Waals surface area contributed by atoms with Crippen LogP contribution in [0.25, 0.3) is 0 Å². The zero-order chi connectivity index (χ0) is 25.3. The topological polar surface area (TPSA) is 118 Å². The second-order valence-corrected chi connectivity index (χ2v) is 8.75. The van der Waals surface area contributed by atoms with E-state index in [9.17, 15) is 29.3 Å². The first-order valence-electron chi connectivity index (χ1n) is 11.5. The summed E-state index contributed by atoms with van der Waals surface area (Å²) in [6.45, 7) is 3.54. The highest BCUT2D eigenvalue weighted by Gasteiger charge is 2.54. The Balaban J connectivity index is 1.79. The molecular weight excluding hydrogens is 450 g/mol. The number of allylic oxidation sites excluding steroid dienone is 2. The number of nitro groups is 1. The largest absolute Gasteiger partial charge is 0.292 e. The number of nitro benzene ring substituents is 1. The molecule has 0 saturated carbocycles. The molecule has 1 heterocycles. The minimum Gasteiger partial charge on any atom is -0.292 e. The van der Waals surface area contributed by atoms with Gasteiger partial charge in [-0.15, -0.1) is 0 Å². The summed E-state index contributed by atoms with van der Waals surface area (Å²) in [6.07, 6.45) is 4.26. The zero-order valence-corrected chi connectivity index (χ0v) is 19.4. The van der Waals surface area contributed by atoms with E-state index in [1.165, 1.54) is 24.3 Å². The van der Waals surface area contributed by atoms with E-state index < -0.39 is 46.3 Å². The number of hydrogen-bond donors (Lipinski definition) is 0. The van der Waals surface area contributed by atoms with Crippen molar-refractivity contribution in [3.63, 3.8) is 0 Å². The van der Waals surface area contributed by atoms with Gasteiger partial charge in [0.2, 0.25) is 0 Å². The lowest BCUT2D eigenvalue weighted by Gasteiger charge is -2.36. The Morgan fingerprint density at radius 1 is 1.06 bits per heavy atom. The number of carbonyl (C=O) groups excluding carboxylic acids is 4. The Morgan fingerprint density at radius 2 is 1.71 bits per heavy atom. The van der Waals surface area contributed by atoms with Crippen molar-refractivity contribution in [3.8, 4) is 0 Å². The highest BCUT2D eigenvalue weighted by atomic mass is 16.6. The normalized spacial score (nSPS) is 22.0. The molecule has 2 aliphatic rings. The van der Waals surface area contributed by atoms with Crippen molar-refractivity contribution in [1.29, 1.82) is 0 Å². The molecule has 3 amide bonds. The SMILES string of the molecule is CC[C@H](C(=O)c1ccccc1)N(C(=O)c1ccc([N+](=O)[O-])cc1)N1C(=O)[C@H]2[C@@H](C)C=CC[C@H]2C1=O. The number of hydrogen-bond acceptors (Lipinski definition) is 6. The number of amides is 3. The molecule has 0 N–H and O–H groups in total. The molecule has 1 fully saturated rings. The van der Waals surface area contributed by atoms with Gasteiger partial charge in [0, 0.05) is 23.3 Å². The summed E-state index contributed by atoms with van der Waals surface area (Å²) in [6, 6.07) is 12.1. The molecule has 0 bridgehead atoms. The minimum atomic E-state index is -1.13. The van der Waals surface area contributed by atoms with E-state index in [2.05, 4.69) is 0 Å². The molecule has 4 atom stereocenters.